The highest BCUT2D eigenvalue weighted by atomic mass is 35.5. The molecule has 2 nitrogen and oxygen atoms in total. The van der Waals surface area contributed by atoms with E-state index in [1.54, 1.807) is 36.4 Å². The van der Waals surface area contributed by atoms with E-state index >= 15 is 0 Å². The van der Waals surface area contributed by atoms with E-state index < -0.39 is 5.60 Å². The van der Waals surface area contributed by atoms with E-state index in [2.05, 4.69) is 5.92 Å². The van der Waals surface area contributed by atoms with E-state index in [1.807, 2.05) is 0 Å². The van der Waals surface area contributed by atoms with E-state index in [4.69, 9.17) is 29.6 Å². The standard InChI is InChI=1S/C16H8Cl2O2/c1-2-16(20)10-6-4-7-11(17)13(10)15(19)9-5-3-8-12(18)14(9)16/h1,3-8,20H/t16-/m1/s1. The van der Waals surface area contributed by atoms with Crippen LogP contribution in [0.15, 0.2) is 36.4 Å². The average Bonchev–Trinajstić information content (AvgIpc) is 2.44. The fourth-order valence-electron chi connectivity index (χ4n) is 2.56. The SMILES string of the molecule is C#C[C@@]1(O)c2cccc(Cl)c2C(=O)c2cccc(Cl)c21. The number of carbonyl (C=O) groups is 1. The van der Waals surface area contributed by atoms with E-state index in [9.17, 15) is 9.90 Å². The first kappa shape index (κ1) is 13.2. The maximum atomic E-state index is 12.6. The molecule has 98 valence electrons. The summed E-state index contributed by atoms with van der Waals surface area (Å²) in [5, 5.41) is 11.4. The Bertz CT molecular complexity index is 790. The van der Waals surface area contributed by atoms with Crippen LogP contribution >= 0.6 is 23.2 Å². The van der Waals surface area contributed by atoms with Gasteiger partial charge in [-0.2, -0.15) is 0 Å². The van der Waals surface area contributed by atoms with Crippen LogP contribution in [0.3, 0.4) is 0 Å². The van der Waals surface area contributed by atoms with Gasteiger partial charge in [0.05, 0.1) is 5.02 Å². The molecule has 0 heterocycles. The Morgan fingerprint density at radius 2 is 1.75 bits per heavy atom. The summed E-state index contributed by atoms with van der Waals surface area (Å²) >= 11 is 12.2. The molecule has 0 bridgehead atoms. The number of benzene rings is 2. The minimum atomic E-state index is -1.76. The van der Waals surface area contributed by atoms with Crippen molar-refractivity contribution in [3.05, 3.63) is 68.7 Å². The van der Waals surface area contributed by atoms with Crippen molar-refractivity contribution in [2.75, 3.05) is 0 Å². The van der Waals surface area contributed by atoms with Gasteiger partial charge in [0, 0.05) is 27.3 Å². The first-order chi connectivity index (χ1) is 9.50. The smallest absolute Gasteiger partial charge is 0.195 e. The van der Waals surface area contributed by atoms with Gasteiger partial charge in [-0.3, -0.25) is 4.79 Å². The lowest BCUT2D eigenvalue weighted by atomic mass is 9.74. The summed E-state index contributed by atoms with van der Waals surface area (Å²) in [5.41, 5.74) is -0.730. The van der Waals surface area contributed by atoms with Crippen molar-refractivity contribution < 1.29 is 9.90 Å². The zero-order valence-corrected chi connectivity index (χ0v) is 11.7. The molecule has 1 atom stereocenters. The van der Waals surface area contributed by atoms with E-state index in [1.165, 1.54) is 0 Å². The summed E-state index contributed by atoms with van der Waals surface area (Å²) < 4.78 is 0. The van der Waals surface area contributed by atoms with Crippen LogP contribution in [0.5, 0.6) is 0 Å². The van der Waals surface area contributed by atoms with Crippen LogP contribution in [0.1, 0.15) is 27.0 Å². The highest BCUT2D eigenvalue weighted by molar-refractivity contribution is 6.36. The molecule has 2 aromatic carbocycles. The number of halogens is 2. The number of hydrogen-bond donors (Lipinski definition) is 1. The van der Waals surface area contributed by atoms with Crippen LogP contribution in [0, 0.1) is 12.3 Å². The Morgan fingerprint density at radius 1 is 1.10 bits per heavy atom. The van der Waals surface area contributed by atoms with Gasteiger partial charge < -0.3 is 5.11 Å². The van der Waals surface area contributed by atoms with Crippen molar-refractivity contribution in [3.63, 3.8) is 0 Å². The lowest BCUT2D eigenvalue weighted by molar-refractivity contribution is 0.0980. The second-order valence-electron chi connectivity index (χ2n) is 4.51. The molecule has 0 saturated carbocycles. The number of carbonyl (C=O) groups excluding carboxylic acids is 1. The molecule has 0 fully saturated rings. The fraction of sp³-hybridized carbons (Fsp3) is 0.0625. The fourth-order valence-corrected chi connectivity index (χ4v) is 3.13. The van der Waals surface area contributed by atoms with Gasteiger partial charge in [-0.25, -0.2) is 0 Å². The van der Waals surface area contributed by atoms with Crippen molar-refractivity contribution in [2.45, 2.75) is 5.60 Å². The van der Waals surface area contributed by atoms with E-state index in [0.717, 1.165) is 0 Å². The first-order valence-electron chi connectivity index (χ1n) is 5.83. The molecule has 3 rings (SSSR count). The Balaban J connectivity index is 2.49. The van der Waals surface area contributed by atoms with Crippen LogP contribution in [-0.4, -0.2) is 10.9 Å². The molecule has 0 radical (unpaired) electrons. The van der Waals surface area contributed by atoms with Crippen molar-refractivity contribution in [2.24, 2.45) is 0 Å². The largest absolute Gasteiger partial charge is 0.369 e. The maximum absolute atomic E-state index is 12.6. The number of rotatable bonds is 0. The topological polar surface area (TPSA) is 37.3 Å². The predicted octanol–water partition coefficient (Wildman–Crippen LogP) is 3.41. The van der Waals surface area contributed by atoms with Gasteiger partial charge in [-0.05, 0) is 12.1 Å². The van der Waals surface area contributed by atoms with Gasteiger partial charge in [0.2, 0.25) is 0 Å². The molecule has 1 N–H and O–H groups in total. The monoisotopic (exact) mass is 302 g/mol. The van der Waals surface area contributed by atoms with Gasteiger partial charge >= 0.3 is 0 Å². The summed E-state index contributed by atoms with van der Waals surface area (Å²) in [6, 6.07) is 9.62. The molecule has 2 aromatic rings. The van der Waals surface area contributed by atoms with E-state index in [0.29, 0.717) is 0 Å². The van der Waals surface area contributed by atoms with Gasteiger partial charge in [-0.1, -0.05) is 53.4 Å². The highest BCUT2D eigenvalue weighted by Crippen LogP contribution is 2.44. The Hall–Kier alpha value is -1.79. The molecule has 1 aliphatic carbocycles. The van der Waals surface area contributed by atoms with Gasteiger partial charge in [0.25, 0.3) is 0 Å². The summed E-state index contributed by atoms with van der Waals surface area (Å²) in [6.45, 7) is 0. The third-order valence-electron chi connectivity index (χ3n) is 3.46. The number of ketones is 1. The second-order valence-corrected chi connectivity index (χ2v) is 5.32. The van der Waals surface area contributed by atoms with Crippen LogP contribution in [0.4, 0.5) is 0 Å². The Kier molecular flexibility index (Phi) is 2.88. The molecule has 0 unspecified atom stereocenters. The van der Waals surface area contributed by atoms with Gasteiger partial charge in [-0.15, -0.1) is 6.42 Å². The molecular formula is C16H8Cl2O2. The quantitative estimate of drug-likeness (QED) is 0.757. The number of terminal acetylenes is 1. The van der Waals surface area contributed by atoms with Crippen molar-refractivity contribution >= 4 is 29.0 Å². The lowest BCUT2D eigenvalue weighted by Crippen LogP contribution is -2.35. The molecule has 0 aliphatic heterocycles. The predicted molar refractivity (Wildman–Crippen MR) is 78.2 cm³/mol. The van der Waals surface area contributed by atoms with Gasteiger partial charge in [0.1, 0.15) is 0 Å². The number of aliphatic hydroxyl groups is 1. The van der Waals surface area contributed by atoms with Crippen molar-refractivity contribution in [1.29, 1.82) is 0 Å². The summed E-state index contributed by atoms with van der Waals surface area (Å²) in [7, 11) is 0. The number of fused-ring (bicyclic) bond motifs is 2. The van der Waals surface area contributed by atoms with E-state index in [-0.39, 0.29) is 38.1 Å². The molecular weight excluding hydrogens is 295 g/mol. The molecule has 0 saturated heterocycles. The summed E-state index contributed by atoms with van der Waals surface area (Å²) in [4.78, 5) is 12.6. The van der Waals surface area contributed by atoms with Gasteiger partial charge in [0.15, 0.2) is 11.4 Å². The molecule has 0 spiro atoms. The lowest BCUT2D eigenvalue weighted by Gasteiger charge is -2.32. The third kappa shape index (κ3) is 1.55. The molecule has 0 amide bonds. The highest BCUT2D eigenvalue weighted by Gasteiger charge is 2.43. The summed E-state index contributed by atoms with van der Waals surface area (Å²) in [5.74, 6) is 2.05. The molecule has 4 heteroatoms. The van der Waals surface area contributed by atoms with Crippen LogP contribution in [0.25, 0.3) is 0 Å². The second kappa shape index (κ2) is 4.36. The summed E-state index contributed by atoms with van der Waals surface area (Å²) in [6.07, 6.45) is 5.52. The minimum absolute atomic E-state index is 0.226. The van der Waals surface area contributed by atoms with Crippen molar-refractivity contribution in [3.8, 4) is 12.3 Å². The van der Waals surface area contributed by atoms with Crippen LogP contribution in [0.2, 0.25) is 10.0 Å². The van der Waals surface area contributed by atoms with Crippen LogP contribution in [-0.2, 0) is 5.60 Å². The Labute approximate surface area is 126 Å². The molecule has 0 aromatic heterocycles. The molecule has 20 heavy (non-hydrogen) atoms. The normalized spacial score (nSPS) is 20.0. The zero-order chi connectivity index (χ0) is 14.5. The third-order valence-corrected chi connectivity index (χ3v) is 4.09. The Morgan fingerprint density at radius 3 is 2.45 bits per heavy atom. The molecule has 1 aliphatic rings. The number of hydrogen-bond acceptors (Lipinski definition) is 2. The first-order valence-corrected chi connectivity index (χ1v) is 6.59. The zero-order valence-electron chi connectivity index (χ0n) is 10.2. The average molecular weight is 303 g/mol. The van der Waals surface area contributed by atoms with Crippen molar-refractivity contribution in [1.82, 2.24) is 0 Å². The minimum Gasteiger partial charge on any atom is -0.369 e. The van der Waals surface area contributed by atoms with Crippen LogP contribution < -0.4 is 0 Å². The maximum Gasteiger partial charge on any atom is 0.195 e.